The van der Waals surface area contributed by atoms with Gasteiger partial charge in [0.25, 0.3) is 0 Å². The van der Waals surface area contributed by atoms with Gasteiger partial charge in [0.15, 0.2) is 11.4 Å². The number of rotatable bonds is 11. The van der Waals surface area contributed by atoms with Crippen molar-refractivity contribution in [1.29, 1.82) is 0 Å². The van der Waals surface area contributed by atoms with Gasteiger partial charge in [-0.2, -0.15) is 4.33 Å². The Morgan fingerprint density at radius 2 is 1.42 bits per heavy atom. The molecule has 0 radical (unpaired) electrons. The van der Waals surface area contributed by atoms with Crippen LogP contribution in [0, 0.1) is 6.92 Å². The van der Waals surface area contributed by atoms with Crippen molar-refractivity contribution in [1.82, 2.24) is 0 Å². The van der Waals surface area contributed by atoms with Crippen LogP contribution in [0.25, 0.3) is 0 Å². The van der Waals surface area contributed by atoms with Gasteiger partial charge < -0.3 is 24.0 Å². The topological polar surface area (TPSA) is 161 Å². The standard InChI is InChI=1S/C35H26O11S2.2Na/c1-21-7-8-23(20-32(21)48(39,40)41)33(36)22-9-18-30(31(19-22)47-46-45-38)43-27-16-12-25(13-17-27)35(24-10-14-26(42-2)15-11-24)29-6-4-3-5-28(29)34(37)44-35;;/h3-20,38H,1-2H3,(H,39,40,41);;/q;2*+1/p-2. The predicted molar refractivity (Wildman–Crippen MR) is 168 cm³/mol. The number of cyclic esters (lactones) is 1. The van der Waals surface area contributed by atoms with Gasteiger partial charge in [0.1, 0.15) is 27.4 Å². The maximum absolute atomic E-state index is 13.3. The molecule has 1 aliphatic heterocycles. The van der Waals surface area contributed by atoms with Crippen LogP contribution in [0.3, 0.4) is 0 Å². The van der Waals surface area contributed by atoms with Crippen molar-refractivity contribution in [3.05, 3.63) is 148 Å². The molecule has 5 aromatic rings. The summed E-state index contributed by atoms with van der Waals surface area (Å²) in [4.78, 5) is 26.0. The van der Waals surface area contributed by atoms with Gasteiger partial charge in [-0.15, -0.1) is 0 Å². The Hall–Kier alpha value is -3.02. The number of hydrogen-bond acceptors (Lipinski definition) is 12. The number of ketones is 1. The van der Waals surface area contributed by atoms with Crippen LogP contribution in [0.2, 0.25) is 0 Å². The molecule has 5 aromatic carbocycles. The van der Waals surface area contributed by atoms with Gasteiger partial charge in [0, 0.05) is 27.8 Å². The SMILES string of the molecule is COc1ccc(C2(c3ccc(Oc4ccc(C(=O)c5ccc(C)c(S(=O)(=O)[O-])c5)cc4SOO[O-])cc3)OC(=O)c3ccccc32)cc1.[Na+].[Na+]. The summed E-state index contributed by atoms with van der Waals surface area (Å²) >= 11 is 0.493. The molecule has 0 bridgehead atoms. The van der Waals surface area contributed by atoms with Gasteiger partial charge in [-0.1, -0.05) is 54.6 Å². The number of methoxy groups -OCH3 is 1. The molecule has 1 heterocycles. The van der Waals surface area contributed by atoms with Crippen molar-refractivity contribution >= 4 is 33.9 Å². The monoisotopic (exact) mass is 730 g/mol. The number of carbonyl (C=O) groups is 2. The van der Waals surface area contributed by atoms with E-state index in [1.165, 1.54) is 37.3 Å². The van der Waals surface area contributed by atoms with Crippen molar-refractivity contribution < 1.29 is 111 Å². The van der Waals surface area contributed by atoms with Gasteiger partial charge in [0.05, 0.1) is 34.5 Å². The average molecular weight is 731 g/mol. The number of aryl methyl sites for hydroxylation is 1. The van der Waals surface area contributed by atoms with Crippen molar-refractivity contribution in [2.45, 2.75) is 22.3 Å². The Kier molecular flexibility index (Phi) is 13.2. The van der Waals surface area contributed by atoms with Crippen LogP contribution in [0.5, 0.6) is 17.2 Å². The van der Waals surface area contributed by atoms with Crippen LogP contribution in [-0.4, -0.2) is 31.8 Å². The number of ether oxygens (including phenoxy) is 3. The zero-order valence-corrected chi connectivity index (χ0v) is 32.8. The van der Waals surface area contributed by atoms with E-state index < -0.39 is 32.4 Å². The van der Waals surface area contributed by atoms with E-state index in [0.717, 1.165) is 6.07 Å². The summed E-state index contributed by atoms with van der Waals surface area (Å²) in [7, 11) is -3.25. The molecular formula is C35H24Na2O11S2. The molecule has 0 amide bonds. The fourth-order valence-electron chi connectivity index (χ4n) is 5.55. The molecule has 0 aromatic heterocycles. The summed E-state index contributed by atoms with van der Waals surface area (Å²) in [6.07, 6.45) is 0. The summed E-state index contributed by atoms with van der Waals surface area (Å²) in [5, 5.41) is 14.2. The minimum atomic E-state index is -4.81. The molecule has 0 spiro atoms. The molecule has 50 heavy (non-hydrogen) atoms. The Morgan fingerprint density at radius 3 is 2.04 bits per heavy atom. The molecule has 0 saturated carbocycles. The quantitative estimate of drug-likeness (QED) is 0.0331. The first-order valence-electron chi connectivity index (χ1n) is 14.2. The maximum Gasteiger partial charge on any atom is 1.00 e. The molecule has 15 heteroatoms. The Bertz CT molecular complexity index is 2140. The fraction of sp³-hybridized carbons (Fsp3) is 0.0857. The van der Waals surface area contributed by atoms with Crippen LogP contribution >= 0.6 is 12.0 Å². The second-order valence-corrected chi connectivity index (χ2v) is 12.7. The Labute approximate surface area is 336 Å². The first-order chi connectivity index (χ1) is 23.0. The smallest absolute Gasteiger partial charge is 0.744 e. The summed E-state index contributed by atoms with van der Waals surface area (Å²) < 4.78 is 57.0. The molecule has 6 rings (SSSR count). The van der Waals surface area contributed by atoms with Crippen molar-refractivity contribution in [3.63, 3.8) is 0 Å². The molecule has 0 aliphatic carbocycles. The number of hydrogen-bond donors (Lipinski definition) is 0. The number of esters is 1. The minimum Gasteiger partial charge on any atom is -0.744 e. The molecule has 1 atom stereocenters. The van der Waals surface area contributed by atoms with Crippen LogP contribution in [0.4, 0.5) is 0 Å². The number of benzene rings is 5. The van der Waals surface area contributed by atoms with Crippen LogP contribution in [0.15, 0.2) is 119 Å². The zero-order valence-electron chi connectivity index (χ0n) is 27.2. The predicted octanol–water partition coefficient (Wildman–Crippen LogP) is -0.368. The van der Waals surface area contributed by atoms with E-state index in [2.05, 4.69) is 9.37 Å². The van der Waals surface area contributed by atoms with Gasteiger partial charge in [-0.25, -0.2) is 13.2 Å². The molecular weight excluding hydrogens is 706 g/mol. The normalized spacial score (nSPS) is 14.8. The van der Waals surface area contributed by atoms with Gasteiger partial charge in [0.2, 0.25) is 0 Å². The molecule has 1 aliphatic rings. The molecule has 0 N–H and O–H groups in total. The van der Waals surface area contributed by atoms with E-state index in [0.29, 0.717) is 45.8 Å². The zero-order chi connectivity index (χ0) is 34.1. The van der Waals surface area contributed by atoms with Crippen molar-refractivity contribution in [3.8, 4) is 17.2 Å². The second kappa shape index (κ2) is 16.5. The molecule has 11 nitrogen and oxygen atoms in total. The van der Waals surface area contributed by atoms with Gasteiger partial charge >= 0.3 is 65.1 Å². The molecule has 1 unspecified atom stereocenters. The third kappa shape index (κ3) is 7.89. The van der Waals surface area contributed by atoms with Crippen LogP contribution < -0.4 is 73.8 Å². The first-order valence-corrected chi connectivity index (χ1v) is 16.3. The van der Waals surface area contributed by atoms with E-state index in [4.69, 9.17) is 14.2 Å². The molecule has 0 saturated heterocycles. The van der Waals surface area contributed by atoms with Crippen LogP contribution in [0.1, 0.15) is 48.5 Å². The molecule has 0 fully saturated rings. The van der Waals surface area contributed by atoms with Crippen molar-refractivity contribution in [2.75, 3.05) is 7.11 Å². The third-order valence-electron chi connectivity index (χ3n) is 7.83. The van der Waals surface area contributed by atoms with E-state index in [1.54, 1.807) is 55.6 Å². The minimum absolute atomic E-state index is 0. The number of carbonyl (C=O) groups excluding carboxylic acids is 2. The van der Waals surface area contributed by atoms with E-state index in [-0.39, 0.29) is 86.4 Å². The van der Waals surface area contributed by atoms with Gasteiger partial charge in [-0.3, -0.25) is 9.83 Å². The van der Waals surface area contributed by atoms with E-state index in [1.807, 2.05) is 24.3 Å². The van der Waals surface area contributed by atoms with Crippen LogP contribution in [-0.2, 0) is 29.8 Å². The third-order valence-corrected chi connectivity index (χ3v) is 9.44. The van der Waals surface area contributed by atoms with E-state index >= 15 is 0 Å². The number of fused-ring (bicyclic) bond motifs is 1. The largest absolute Gasteiger partial charge is 1.00 e. The molecule has 244 valence electrons. The second-order valence-electron chi connectivity index (χ2n) is 10.6. The first kappa shape index (κ1) is 39.8. The Morgan fingerprint density at radius 1 is 0.820 bits per heavy atom. The summed E-state index contributed by atoms with van der Waals surface area (Å²) in [6.45, 7) is 1.45. The summed E-state index contributed by atoms with van der Waals surface area (Å²) in [5.74, 6) is 0.137. The summed E-state index contributed by atoms with van der Waals surface area (Å²) in [5.41, 5.74) is 1.50. The average Bonchev–Trinajstić information content (AvgIpc) is 3.40. The maximum atomic E-state index is 13.3. The van der Waals surface area contributed by atoms with Gasteiger partial charge in [-0.05, 0) is 67.1 Å². The van der Waals surface area contributed by atoms with Crippen molar-refractivity contribution in [2.24, 2.45) is 0 Å². The fourth-order valence-corrected chi connectivity index (χ4v) is 6.75. The Balaban J connectivity index is 0.00000281. The summed E-state index contributed by atoms with van der Waals surface area (Å²) in [6, 6.07) is 29.3. The van der Waals surface area contributed by atoms with E-state index in [9.17, 15) is 27.8 Å².